The van der Waals surface area contributed by atoms with Crippen LogP contribution >= 0.6 is 0 Å². The molecule has 2 aliphatic rings. The van der Waals surface area contributed by atoms with Crippen molar-refractivity contribution in [3.8, 4) is 0 Å². The molecule has 0 bridgehead atoms. The van der Waals surface area contributed by atoms with E-state index in [1.54, 1.807) is 0 Å². The lowest BCUT2D eigenvalue weighted by atomic mass is 9.98. The first-order chi connectivity index (χ1) is 32.6. The quantitative estimate of drug-likeness (QED) is 0.0174. The Hall–Kier alpha value is -1.53. The molecule has 14 nitrogen and oxygen atoms in total. The fraction of sp³-hybridized carbons (Fsp3) is 0.906. The second-order valence-corrected chi connectivity index (χ2v) is 19.1. The van der Waals surface area contributed by atoms with E-state index in [0.29, 0.717) is 13.0 Å². The number of hydrogen-bond acceptors (Lipinski definition) is 14. The van der Waals surface area contributed by atoms with Crippen LogP contribution in [0.3, 0.4) is 0 Å². The highest BCUT2D eigenvalue weighted by molar-refractivity contribution is 5.69. The molecule has 11 unspecified atom stereocenters. The molecule has 0 aromatic rings. The Morgan fingerprint density at radius 1 is 0.493 bits per heavy atom. The van der Waals surface area contributed by atoms with Crippen molar-refractivity contribution in [3.05, 3.63) is 24.3 Å². The number of hydrogen-bond donors (Lipinski definition) is 7. The van der Waals surface area contributed by atoms with E-state index in [-0.39, 0.29) is 25.6 Å². The summed E-state index contributed by atoms with van der Waals surface area (Å²) in [5.41, 5.74) is 0. The summed E-state index contributed by atoms with van der Waals surface area (Å²) in [5.74, 6) is -0.381. The van der Waals surface area contributed by atoms with Crippen LogP contribution in [-0.4, -0.2) is 142 Å². The van der Waals surface area contributed by atoms with Crippen molar-refractivity contribution in [2.45, 2.75) is 274 Å². The summed E-state index contributed by atoms with van der Waals surface area (Å²) in [6, 6.07) is 0. The zero-order chi connectivity index (χ0) is 48.7. The van der Waals surface area contributed by atoms with Crippen LogP contribution in [0.15, 0.2) is 24.3 Å². The highest BCUT2D eigenvalue weighted by atomic mass is 16.7. The van der Waals surface area contributed by atoms with Gasteiger partial charge >= 0.3 is 5.97 Å². The second-order valence-electron chi connectivity index (χ2n) is 19.1. The van der Waals surface area contributed by atoms with Gasteiger partial charge in [0.2, 0.25) is 0 Å². The lowest BCUT2D eigenvalue weighted by Gasteiger charge is -2.42. The zero-order valence-electron chi connectivity index (χ0n) is 41.9. The summed E-state index contributed by atoms with van der Waals surface area (Å²) in [7, 11) is 0. The molecule has 7 N–H and O–H groups in total. The number of allylic oxidation sites excluding steroid dienone is 4. The average molecular weight is 959 g/mol. The van der Waals surface area contributed by atoms with Gasteiger partial charge < -0.3 is 64.2 Å². The number of unbranched alkanes of at least 4 members (excludes halogenated alkanes) is 25. The largest absolute Gasteiger partial charge is 0.457 e. The molecule has 14 heteroatoms. The molecule has 2 saturated heterocycles. The summed E-state index contributed by atoms with van der Waals surface area (Å²) in [6.07, 6.45) is 28.0. The third-order valence-corrected chi connectivity index (χ3v) is 13.0. The number of esters is 1. The predicted octanol–water partition coefficient (Wildman–Crippen LogP) is 8.41. The van der Waals surface area contributed by atoms with Crippen molar-refractivity contribution in [3.63, 3.8) is 0 Å². The fourth-order valence-corrected chi connectivity index (χ4v) is 8.55. The van der Waals surface area contributed by atoms with Gasteiger partial charge in [-0.1, -0.05) is 179 Å². The molecular weight excluding hydrogens is 861 g/mol. The summed E-state index contributed by atoms with van der Waals surface area (Å²) in [6.45, 7) is 3.68. The van der Waals surface area contributed by atoms with E-state index >= 15 is 0 Å². The van der Waals surface area contributed by atoms with Crippen LogP contribution < -0.4 is 0 Å². The third-order valence-electron chi connectivity index (χ3n) is 13.0. The number of aliphatic hydroxyl groups excluding tert-OH is 7. The second kappa shape index (κ2) is 41.1. The van der Waals surface area contributed by atoms with E-state index in [1.165, 1.54) is 128 Å². The van der Waals surface area contributed by atoms with Crippen LogP contribution in [0, 0.1) is 0 Å². The molecule has 0 aromatic heterocycles. The van der Waals surface area contributed by atoms with Gasteiger partial charge in [-0.2, -0.15) is 0 Å². The highest BCUT2D eigenvalue weighted by Crippen LogP contribution is 2.26. The van der Waals surface area contributed by atoms with E-state index in [4.69, 9.17) is 28.4 Å². The highest BCUT2D eigenvalue weighted by Gasteiger charge is 2.47. The Kier molecular flexibility index (Phi) is 37.8. The van der Waals surface area contributed by atoms with Gasteiger partial charge in [0.25, 0.3) is 0 Å². The van der Waals surface area contributed by atoms with Gasteiger partial charge in [0.15, 0.2) is 12.6 Å². The number of ether oxygens (including phenoxy) is 6. The minimum atomic E-state index is -1.71. The summed E-state index contributed by atoms with van der Waals surface area (Å²) >= 11 is 0. The first-order valence-electron chi connectivity index (χ1n) is 26.9. The molecule has 2 fully saturated rings. The Morgan fingerprint density at radius 2 is 0.925 bits per heavy atom. The van der Waals surface area contributed by atoms with Crippen molar-refractivity contribution in [2.24, 2.45) is 0 Å². The van der Waals surface area contributed by atoms with Crippen molar-refractivity contribution in [1.82, 2.24) is 0 Å². The van der Waals surface area contributed by atoms with Gasteiger partial charge in [-0.15, -0.1) is 0 Å². The summed E-state index contributed by atoms with van der Waals surface area (Å²) in [4.78, 5) is 13.0. The molecule has 0 spiro atoms. The molecule has 394 valence electrons. The lowest BCUT2D eigenvalue weighted by Crippen LogP contribution is -2.61. The van der Waals surface area contributed by atoms with Crippen molar-refractivity contribution in [2.75, 3.05) is 33.0 Å². The van der Waals surface area contributed by atoms with Crippen LogP contribution in [0.25, 0.3) is 0 Å². The van der Waals surface area contributed by atoms with Crippen LogP contribution in [0.2, 0.25) is 0 Å². The normalized spacial score (nSPS) is 26.2. The maximum atomic E-state index is 13.0. The molecule has 67 heavy (non-hydrogen) atoms. The van der Waals surface area contributed by atoms with Gasteiger partial charge in [0.1, 0.15) is 54.9 Å². The predicted molar refractivity (Wildman–Crippen MR) is 261 cm³/mol. The Labute approximate surface area is 405 Å². The molecule has 0 amide bonds. The monoisotopic (exact) mass is 959 g/mol. The third kappa shape index (κ3) is 28.8. The first kappa shape index (κ1) is 61.6. The fourth-order valence-electron chi connectivity index (χ4n) is 8.55. The van der Waals surface area contributed by atoms with Crippen LogP contribution in [-0.2, 0) is 33.2 Å². The summed E-state index contributed by atoms with van der Waals surface area (Å²) < 4.78 is 34.3. The number of carbonyl (C=O) groups excluding carboxylic acids is 1. The molecule has 0 radical (unpaired) electrons. The van der Waals surface area contributed by atoms with Crippen LogP contribution in [0.5, 0.6) is 0 Å². The van der Waals surface area contributed by atoms with E-state index < -0.39 is 80.7 Å². The van der Waals surface area contributed by atoms with Crippen molar-refractivity contribution < 1.29 is 69.0 Å². The molecule has 2 heterocycles. The van der Waals surface area contributed by atoms with Gasteiger partial charge in [0, 0.05) is 13.0 Å². The minimum Gasteiger partial charge on any atom is -0.457 e. The maximum absolute atomic E-state index is 13.0. The minimum absolute atomic E-state index is 0.0626. The Bertz CT molecular complexity index is 1200. The summed E-state index contributed by atoms with van der Waals surface area (Å²) in [5, 5.41) is 72.2. The molecule has 0 saturated carbocycles. The molecule has 0 aliphatic carbocycles. The van der Waals surface area contributed by atoms with E-state index in [2.05, 4.69) is 38.2 Å². The molecule has 0 aromatic carbocycles. The van der Waals surface area contributed by atoms with E-state index in [0.717, 1.165) is 51.4 Å². The standard InChI is InChI=1S/C53H98O14/c1-3-5-7-9-11-13-15-17-19-21-22-24-26-28-30-32-34-36-45(55)65-42(39-62-37-35-33-31-29-27-25-23-20-18-16-14-12-10-8-6-4-2)40-63-52-51(61)49(59)47(57)44(67-52)41-64-53-50(60)48(58)46(56)43(38-54)66-53/h11,13,17,19,42-44,46-54,56-61H,3-10,12,14-16,18,20-41H2,1-2H3/b13-11-,19-17-. The van der Waals surface area contributed by atoms with Gasteiger partial charge in [0.05, 0.1) is 26.4 Å². The molecular formula is C53H98O14. The SMILES string of the molecule is CCCCC/C=C\C/C=C\CCCCCCCCCC(=O)OC(COCCCCCCCCCCCCCCCCCC)COC1OC(COC2OC(CO)C(O)C(O)C2O)C(O)C(O)C1O. The molecule has 11 atom stereocenters. The maximum Gasteiger partial charge on any atom is 0.306 e. The van der Waals surface area contributed by atoms with Gasteiger partial charge in [-0.3, -0.25) is 4.79 Å². The Morgan fingerprint density at radius 3 is 1.46 bits per heavy atom. The van der Waals surface area contributed by atoms with Crippen LogP contribution in [0.1, 0.15) is 206 Å². The Balaban J connectivity index is 1.75. The first-order valence-corrected chi connectivity index (χ1v) is 26.9. The zero-order valence-corrected chi connectivity index (χ0v) is 41.9. The molecule has 2 aliphatic heterocycles. The van der Waals surface area contributed by atoms with Crippen LogP contribution in [0.4, 0.5) is 0 Å². The topological polar surface area (TPSA) is 214 Å². The van der Waals surface area contributed by atoms with E-state index in [9.17, 15) is 40.5 Å². The van der Waals surface area contributed by atoms with Crippen molar-refractivity contribution in [1.29, 1.82) is 0 Å². The number of carbonyl (C=O) groups is 1. The van der Waals surface area contributed by atoms with Gasteiger partial charge in [-0.25, -0.2) is 0 Å². The number of rotatable bonds is 43. The smallest absolute Gasteiger partial charge is 0.306 e. The average Bonchev–Trinajstić information content (AvgIpc) is 3.32. The number of aliphatic hydroxyl groups is 7. The lowest BCUT2D eigenvalue weighted by molar-refractivity contribution is -0.332. The van der Waals surface area contributed by atoms with E-state index in [1.807, 2.05) is 0 Å². The molecule has 2 rings (SSSR count). The van der Waals surface area contributed by atoms with Crippen molar-refractivity contribution >= 4 is 5.97 Å². The van der Waals surface area contributed by atoms with Gasteiger partial charge in [-0.05, 0) is 44.9 Å².